The van der Waals surface area contributed by atoms with Crippen molar-refractivity contribution >= 4 is 57.9 Å². The van der Waals surface area contributed by atoms with Crippen molar-refractivity contribution in [3.63, 3.8) is 0 Å². The number of carbonyl (C=O) groups is 3. The van der Waals surface area contributed by atoms with E-state index in [0.717, 1.165) is 28.0 Å². The number of aromatic amines is 1. The maximum atomic E-state index is 13.9. The average Bonchev–Trinajstić information content (AvgIpc) is 3.50. The van der Waals surface area contributed by atoms with Crippen molar-refractivity contribution in [3.05, 3.63) is 103 Å². The SMILES string of the molecule is COc1ccc(NC(=O)COc2cccc([C@@H]3c4sc(=O)[nH]c4S[C@H]4C(=O)N(c5ccc([N+](=O)[O-])cc5)C(=O)[C@@H]34)c2)cc1. The summed E-state index contributed by atoms with van der Waals surface area (Å²) in [5.74, 6) is -1.81. The van der Waals surface area contributed by atoms with E-state index in [2.05, 4.69) is 10.3 Å². The number of thiazole rings is 1. The Morgan fingerprint density at radius 1 is 1.02 bits per heavy atom. The molecule has 1 fully saturated rings. The number of aromatic nitrogens is 1. The third kappa shape index (κ3) is 5.37. The van der Waals surface area contributed by atoms with Gasteiger partial charge in [-0.2, -0.15) is 0 Å². The maximum Gasteiger partial charge on any atom is 0.305 e. The lowest BCUT2D eigenvalue weighted by molar-refractivity contribution is -0.384. The van der Waals surface area contributed by atoms with Gasteiger partial charge in [0, 0.05) is 28.6 Å². The summed E-state index contributed by atoms with van der Waals surface area (Å²) in [6, 6.07) is 18.9. The second kappa shape index (κ2) is 11.4. The Labute approximate surface area is 251 Å². The molecule has 2 N–H and O–H groups in total. The number of methoxy groups -OCH3 is 1. The predicted octanol–water partition coefficient (Wildman–Crippen LogP) is 4.17. The van der Waals surface area contributed by atoms with Crippen molar-refractivity contribution < 1.29 is 28.8 Å². The van der Waals surface area contributed by atoms with Gasteiger partial charge in [0.05, 0.1) is 28.7 Å². The molecular formula is C29H22N4O8S2. The first-order valence-corrected chi connectivity index (χ1v) is 14.6. The van der Waals surface area contributed by atoms with Crippen LogP contribution < -0.4 is 24.6 Å². The molecule has 0 spiro atoms. The second-order valence-electron chi connectivity index (χ2n) is 9.67. The fraction of sp³-hybridized carbons (Fsp3) is 0.172. The van der Waals surface area contributed by atoms with Crippen LogP contribution in [0.15, 0.2) is 82.6 Å². The molecule has 6 rings (SSSR count). The molecule has 0 aliphatic carbocycles. The number of nitro groups is 1. The molecule has 0 unspecified atom stereocenters. The smallest absolute Gasteiger partial charge is 0.305 e. The first-order chi connectivity index (χ1) is 20.7. The molecule has 43 heavy (non-hydrogen) atoms. The third-order valence-electron chi connectivity index (χ3n) is 7.10. The number of hydrogen-bond donors (Lipinski definition) is 2. The van der Waals surface area contributed by atoms with Crippen molar-refractivity contribution in [3.8, 4) is 11.5 Å². The Morgan fingerprint density at radius 2 is 1.77 bits per heavy atom. The molecule has 2 aliphatic heterocycles. The van der Waals surface area contributed by atoms with Crippen molar-refractivity contribution in [1.29, 1.82) is 0 Å². The van der Waals surface area contributed by atoms with E-state index < -0.39 is 33.8 Å². The molecular weight excluding hydrogens is 596 g/mol. The van der Waals surface area contributed by atoms with Crippen LogP contribution in [0.5, 0.6) is 11.5 Å². The number of rotatable bonds is 8. The molecule has 3 aromatic carbocycles. The summed E-state index contributed by atoms with van der Waals surface area (Å²) in [5.41, 5.74) is 1.27. The maximum absolute atomic E-state index is 13.9. The van der Waals surface area contributed by atoms with E-state index in [0.29, 0.717) is 32.7 Å². The lowest BCUT2D eigenvalue weighted by Crippen LogP contribution is -2.32. The Morgan fingerprint density at radius 3 is 2.47 bits per heavy atom. The Bertz CT molecular complexity index is 1800. The standard InChI is InChI=1S/C29H22N4O8S2/c1-40-19-11-5-16(6-12-19)30-21(34)14-41-20-4-2-3-15(13-20)22-23-25(42-26-24(22)43-29(37)31-26)28(36)32(27(23)35)17-7-9-18(10-8-17)33(38)39/h2-13,22-23,25H,14H2,1H3,(H,30,34)(H,31,37)/t22-,23-,25+/m0/s1. The van der Waals surface area contributed by atoms with Crippen LogP contribution >= 0.6 is 23.1 Å². The van der Waals surface area contributed by atoms with Gasteiger partial charge in [0.1, 0.15) is 16.7 Å². The van der Waals surface area contributed by atoms with Crippen molar-refractivity contribution in [2.24, 2.45) is 5.92 Å². The van der Waals surface area contributed by atoms with Crippen LogP contribution in [0.4, 0.5) is 17.1 Å². The molecule has 14 heteroatoms. The number of hydrogen-bond acceptors (Lipinski definition) is 10. The molecule has 3 atom stereocenters. The summed E-state index contributed by atoms with van der Waals surface area (Å²) >= 11 is 2.10. The average molecular weight is 619 g/mol. The van der Waals surface area contributed by atoms with Crippen LogP contribution in [0, 0.1) is 16.0 Å². The number of nitro benzene ring substituents is 1. The first kappa shape index (κ1) is 28.2. The van der Waals surface area contributed by atoms with E-state index in [1.165, 1.54) is 24.3 Å². The molecule has 0 bridgehead atoms. The monoisotopic (exact) mass is 618 g/mol. The largest absolute Gasteiger partial charge is 0.497 e. The fourth-order valence-electron chi connectivity index (χ4n) is 5.17. The molecule has 1 saturated heterocycles. The van der Waals surface area contributed by atoms with Gasteiger partial charge < -0.3 is 19.8 Å². The van der Waals surface area contributed by atoms with Gasteiger partial charge in [-0.25, -0.2) is 4.90 Å². The molecule has 3 heterocycles. The Balaban J connectivity index is 1.26. The Hall–Kier alpha value is -4.95. The van der Waals surface area contributed by atoms with Gasteiger partial charge in [0.25, 0.3) is 11.6 Å². The number of anilines is 2. The fourth-order valence-corrected chi connectivity index (χ4v) is 7.69. The van der Waals surface area contributed by atoms with Gasteiger partial charge in [-0.3, -0.25) is 29.3 Å². The highest BCUT2D eigenvalue weighted by atomic mass is 32.2. The molecule has 12 nitrogen and oxygen atoms in total. The molecule has 0 radical (unpaired) electrons. The normalized spacial score (nSPS) is 19.0. The van der Waals surface area contributed by atoms with E-state index in [4.69, 9.17) is 9.47 Å². The lowest BCUT2D eigenvalue weighted by Gasteiger charge is -2.30. The van der Waals surface area contributed by atoms with E-state index in [1.54, 1.807) is 55.6 Å². The summed E-state index contributed by atoms with van der Waals surface area (Å²) < 4.78 is 10.9. The van der Waals surface area contributed by atoms with Gasteiger partial charge in [-0.15, -0.1) is 0 Å². The highest BCUT2D eigenvalue weighted by Gasteiger charge is 2.56. The van der Waals surface area contributed by atoms with Crippen molar-refractivity contribution in [2.45, 2.75) is 16.2 Å². The van der Waals surface area contributed by atoms with Gasteiger partial charge in [-0.05, 0) is 54.1 Å². The number of ether oxygens (including phenoxy) is 2. The zero-order valence-corrected chi connectivity index (χ0v) is 24.0. The van der Waals surface area contributed by atoms with Gasteiger partial charge in [0.2, 0.25) is 11.8 Å². The number of H-pyrrole nitrogens is 1. The summed E-state index contributed by atoms with van der Waals surface area (Å²) in [5, 5.41) is 13.5. The van der Waals surface area contributed by atoms with E-state index >= 15 is 0 Å². The molecule has 4 aromatic rings. The summed E-state index contributed by atoms with van der Waals surface area (Å²) in [4.78, 5) is 67.0. The minimum atomic E-state index is -0.847. The quantitative estimate of drug-likeness (QED) is 0.168. The lowest BCUT2D eigenvalue weighted by atomic mass is 9.83. The number of thioether (sulfide) groups is 1. The topological polar surface area (TPSA) is 161 Å². The predicted molar refractivity (Wildman–Crippen MR) is 159 cm³/mol. The number of nitrogens with one attached hydrogen (secondary N) is 2. The Kier molecular flexibility index (Phi) is 7.46. The van der Waals surface area contributed by atoms with Gasteiger partial charge in [0.15, 0.2) is 6.61 Å². The molecule has 0 saturated carbocycles. The summed E-state index contributed by atoms with van der Waals surface area (Å²) in [6.07, 6.45) is 0. The molecule has 218 valence electrons. The summed E-state index contributed by atoms with van der Waals surface area (Å²) in [7, 11) is 1.55. The van der Waals surface area contributed by atoms with E-state index in [1.807, 2.05) is 0 Å². The zero-order chi connectivity index (χ0) is 30.2. The van der Waals surface area contributed by atoms with Crippen molar-refractivity contribution in [2.75, 3.05) is 23.9 Å². The van der Waals surface area contributed by atoms with E-state index in [-0.39, 0.29) is 28.8 Å². The van der Waals surface area contributed by atoms with Crippen LogP contribution in [0.25, 0.3) is 0 Å². The third-order valence-corrected chi connectivity index (χ3v) is 9.50. The molecule has 2 aliphatic rings. The molecule has 3 amide bonds. The molecule has 1 aromatic heterocycles. The first-order valence-electron chi connectivity index (χ1n) is 12.9. The number of carbonyl (C=O) groups excluding carboxylic acids is 3. The van der Waals surface area contributed by atoms with Crippen LogP contribution in [-0.2, 0) is 14.4 Å². The minimum absolute atomic E-state index is 0.165. The summed E-state index contributed by atoms with van der Waals surface area (Å²) in [6.45, 7) is -0.282. The number of fused-ring (bicyclic) bond motifs is 2. The number of nitrogens with zero attached hydrogens (tertiary/aromatic N) is 2. The van der Waals surface area contributed by atoms with Crippen LogP contribution in [0.3, 0.4) is 0 Å². The van der Waals surface area contributed by atoms with Crippen LogP contribution in [0.2, 0.25) is 0 Å². The van der Waals surface area contributed by atoms with Gasteiger partial charge in [-0.1, -0.05) is 35.2 Å². The second-order valence-corrected chi connectivity index (χ2v) is 11.8. The van der Waals surface area contributed by atoms with Gasteiger partial charge >= 0.3 is 4.87 Å². The van der Waals surface area contributed by atoms with Crippen LogP contribution in [0.1, 0.15) is 16.4 Å². The zero-order valence-electron chi connectivity index (χ0n) is 22.3. The minimum Gasteiger partial charge on any atom is -0.497 e. The van der Waals surface area contributed by atoms with E-state index in [9.17, 15) is 29.3 Å². The number of benzene rings is 3. The highest BCUT2D eigenvalue weighted by Crippen LogP contribution is 2.53. The van der Waals surface area contributed by atoms with Crippen molar-refractivity contribution in [1.82, 2.24) is 4.98 Å². The van der Waals surface area contributed by atoms with Crippen LogP contribution in [-0.4, -0.2) is 46.6 Å². The highest BCUT2D eigenvalue weighted by molar-refractivity contribution is 8.00. The number of non-ortho nitro benzene ring substituents is 1. The number of imide groups is 1. The number of amides is 3.